The molecule has 0 atom stereocenters. The molecule has 1 aromatic heterocycles. The Morgan fingerprint density at radius 2 is 2.00 bits per heavy atom. The summed E-state index contributed by atoms with van der Waals surface area (Å²) < 4.78 is 5.50. The molecule has 5 nitrogen and oxygen atoms in total. The molecule has 5 heteroatoms. The largest absolute Gasteiger partial charge is 0.419 e. The van der Waals surface area contributed by atoms with E-state index in [2.05, 4.69) is 15.5 Å². The minimum atomic E-state index is -0.00224. The van der Waals surface area contributed by atoms with Crippen LogP contribution >= 0.6 is 0 Å². The number of nitrogens with zero attached hydrogens (tertiary/aromatic N) is 2. The minimum absolute atomic E-state index is 0.00224. The van der Waals surface area contributed by atoms with Crippen molar-refractivity contribution in [2.24, 2.45) is 0 Å². The fourth-order valence-electron chi connectivity index (χ4n) is 1.63. The van der Waals surface area contributed by atoms with Crippen molar-refractivity contribution in [3.05, 3.63) is 35.7 Å². The molecule has 0 fully saturated rings. The zero-order valence-corrected chi connectivity index (χ0v) is 11.1. The Labute approximate surface area is 112 Å². The molecule has 1 N–H and O–H groups in total. The molecule has 0 aliphatic rings. The van der Waals surface area contributed by atoms with Gasteiger partial charge in [-0.15, -0.1) is 10.2 Å². The average molecular weight is 259 g/mol. The van der Waals surface area contributed by atoms with Gasteiger partial charge in [0.2, 0.25) is 17.7 Å². The summed E-state index contributed by atoms with van der Waals surface area (Å²) in [7, 11) is 0. The van der Waals surface area contributed by atoms with Crippen LogP contribution in [0.2, 0.25) is 0 Å². The van der Waals surface area contributed by atoms with E-state index in [0.29, 0.717) is 18.2 Å². The second-order valence-corrected chi connectivity index (χ2v) is 4.39. The molecular weight excluding hydrogens is 242 g/mol. The lowest BCUT2D eigenvalue weighted by molar-refractivity contribution is -0.121. The van der Waals surface area contributed by atoms with E-state index < -0.39 is 0 Å². The van der Waals surface area contributed by atoms with Crippen LogP contribution in [0.3, 0.4) is 0 Å². The molecule has 1 amide bonds. The summed E-state index contributed by atoms with van der Waals surface area (Å²) in [6, 6.07) is 7.84. The summed E-state index contributed by atoms with van der Waals surface area (Å²) in [5.41, 5.74) is 2.06. The Bertz CT molecular complexity index is 546. The molecule has 0 aliphatic heterocycles. The van der Waals surface area contributed by atoms with Crippen molar-refractivity contribution in [1.29, 1.82) is 0 Å². The summed E-state index contributed by atoms with van der Waals surface area (Å²) in [5, 5.41) is 10.6. The van der Waals surface area contributed by atoms with Gasteiger partial charge in [-0.3, -0.25) is 4.79 Å². The first-order chi connectivity index (χ1) is 9.19. The van der Waals surface area contributed by atoms with Gasteiger partial charge in [0.1, 0.15) is 0 Å². The Morgan fingerprint density at radius 1 is 1.26 bits per heavy atom. The number of hydrogen-bond donors (Lipinski definition) is 1. The molecule has 100 valence electrons. The number of amides is 1. The number of rotatable bonds is 5. The fraction of sp³-hybridized carbons (Fsp3) is 0.357. The number of nitrogens with one attached hydrogen (secondary N) is 1. The summed E-state index contributed by atoms with van der Waals surface area (Å²) >= 11 is 0. The van der Waals surface area contributed by atoms with Gasteiger partial charge < -0.3 is 9.73 Å². The zero-order chi connectivity index (χ0) is 13.7. The van der Waals surface area contributed by atoms with Crippen molar-refractivity contribution in [1.82, 2.24) is 15.5 Å². The third-order valence-electron chi connectivity index (χ3n) is 2.68. The molecule has 0 saturated heterocycles. The van der Waals surface area contributed by atoms with E-state index in [4.69, 9.17) is 4.42 Å². The van der Waals surface area contributed by atoms with Crippen molar-refractivity contribution >= 4 is 5.91 Å². The summed E-state index contributed by atoms with van der Waals surface area (Å²) in [4.78, 5) is 11.3. The van der Waals surface area contributed by atoms with Gasteiger partial charge in [-0.25, -0.2) is 0 Å². The smallest absolute Gasteiger partial charge is 0.247 e. The highest BCUT2D eigenvalue weighted by Gasteiger charge is 2.09. The summed E-state index contributed by atoms with van der Waals surface area (Å²) in [6.45, 7) is 4.26. The monoisotopic (exact) mass is 259 g/mol. The number of carbonyl (C=O) groups excluding carboxylic acids is 1. The zero-order valence-electron chi connectivity index (χ0n) is 11.1. The third-order valence-corrected chi connectivity index (χ3v) is 2.68. The Hall–Kier alpha value is -2.17. The maximum Gasteiger partial charge on any atom is 0.247 e. The molecule has 0 bridgehead atoms. The highest BCUT2D eigenvalue weighted by molar-refractivity contribution is 5.75. The second-order valence-electron chi connectivity index (χ2n) is 4.39. The molecule has 19 heavy (non-hydrogen) atoms. The van der Waals surface area contributed by atoms with Gasteiger partial charge >= 0.3 is 0 Å². The number of carbonyl (C=O) groups is 1. The van der Waals surface area contributed by atoms with Crippen LogP contribution in [0.15, 0.2) is 28.7 Å². The van der Waals surface area contributed by atoms with Gasteiger partial charge in [0, 0.05) is 12.0 Å². The molecule has 0 spiro atoms. The Balaban J connectivity index is 1.99. The van der Waals surface area contributed by atoms with Gasteiger partial charge in [0.05, 0.1) is 6.54 Å². The predicted octanol–water partition coefficient (Wildman–Crippen LogP) is 2.46. The molecular formula is C14H17N3O2. The maximum atomic E-state index is 11.3. The molecule has 2 aromatic rings. The SMILES string of the molecule is CCCC(=O)NCc1nnc(-c2ccc(C)cc2)o1. The molecule has 1 aromatic carbocycles. The highest BCUT2D eigenvalue weighted by atomic mass is 16.4. The third kappa shape index (κ3) is 3.64. The first-order valence-corrected chi connectivity index (χ1v) is 6.35. The molecule has 1 heterocycles. The van der Waals surface area contributed by atoms with Crippen LogP contribution in [0.4, 0.5) is 0 Å². The molecule has 0 unspecified atom stereocenters. The van der Waals surface area contributed by atoms with Crippen molar-refractivity contribution in [3.63, 3.8) is 0 Å². The lowest BCUT2D eigenvalue weighted by Gasteiger charge is -1.99. The highest BCUT2D eigenvalue weighted by Crippen LogP contribution is 2.17. The van der Waals surface area contributed by atoms with Crippen LogP contribution in [0.25, 0.3) is 11.5 Å². The van der Waals surface area contributed by atoms with E-state index in [1.54, 1.807) is 0 Å². The van der Waals surface area contributed by atoms with Crippen LogP contribution in [0.1, 0.15) is 31.2 Å². The molecule has 0 saturated carbocycles. The van der Waals surface area contributed by atoms with E-state index in [1.807, 2.05) is 38.1 Å². The summed E-state index contributed by atoms with van der Waals surface area (Å²) in [5.74, 6) is 0.886. The van der Waals surface area contributed by atoms with Crippen LogP contribution in [0, 0.1) is 6.92 Å². The number of benzene rings is 1. The van der Waals surface area contributed by atoms with Crippen molar-refractivity contribution in [2.75, 3.05) is 0 Å². The van der Waals surface area contributed by atoms with E-state index >= 15 is 0 Å². The standard InChI is InChI=1S/C14H17N3O2/c1-3-4-12(18)15-9-13-16-17-14(19-13)11-7-5-10(2)6-8-11/h5-8H,3-4,9H2,1-2H3,(H,15,18). The van der Waals surface area contributed by atoms with Gasteiger partial charge in [-0.05, 0) is 25.5 Å². The summed E-state index contributed by atoms with van der Waals surface area (Å²) in [6.07, 6.45) is 1.34. The van der Waals surface area contributed by atoms with Gasteiger partial charge in [-0.2, -0.15) is 0 Å². The first kappa shape index (κ1) is 13.3. The number of aryl methyl sites for hydroxylation is 1. The maximum absolute atomic E-state index is 11.3. The van der Waals surface area contributed by atoms with E-state index in [0.717, 1.165) is 12.0 Å². The normalized spacial score (nSPS) is 10.4. The Morgan fingerprint density at radius 3 is 2.68 bits per heavy atom. The van der Waals surface area contributed by atoms with Crippen LogP contribution in [-0.2, 0) is 11.3 Å². The molecule has 0 aliphatic carbocycles. The van der Waals surface area contributed by atoms with E-state index in [1.165, 1.54) is 5.56 Å². The van der Waals surface area contributed by atoms with Crippen molar-refractivity contribution < 1.29 is 9.21 Å². The number of hydrogen-bond acceptors (Lipinski definition) is 4. The lowest BCUT2D eigenvalue weighted by Crippen LogP contribution is -2.22. The van der Waals surface area contributed by atoms with Crippen LogP contribution < -0.4 is 5.32 Å². The number of aromatic nitrogens is 2. The minimum Gasteiger partial charge on any atom is -0.419 e. The quantitative estimate of drug-likeness (QED) is 0.895. The second kappa shape index (κ2) is 6.13. The Kier molecular flexibility index (Phi) is 4.28. The average Bonchev–Trinajstić information content (AvgIpc) is 2.86. The lowest BCUT2D eigenvalue weighted by atomic mass is 10.1. The molecule has 0 radical (unpaired) electrons. The molecule has 2 rings (SSSR count). The van der Waals surface area contributed by atoms with Gasteiger partial charge in [-0.1, -0.05) is 24.6 Å². The van der Waals surface area contributed by atoms with Gasteiger partial charge in [0.15, 0.2) is 0 Å². The predicted molar refractivity (Wildman–Crippen MR) is 71.2 cm³/mol. The van der Waals surface area contributed by atoms with Crippen LogP contribution in [0.5, 0.6) is 0 Å². The first-order valence-electron chi connectivity index (χ1n) is 6.35. The fourth-order valence-corrected chi connectivity index (χ4v) is 1.63. The van der Waals surface area contributed by atoms with Gasteiger partial charge in [0.25, 0.3) is 0 Å². The van der Waals surface area contributed by atoms with Crippen molar-refractivity contribution in [3.8, 4) is 11.5 Å². The van der Waals surface area contributed by atoms with Crippen LogP contribution in [-0.4, -0.2) is 16.1 Å². The van der Waals surface area contributed by atoms with E-state index in [9.17, 15) is 4.79 Å². The van der Waals surface area contributed by atoms with E-state index in [-0.39, 0.29) is 12.5 Å². The topological polar surface area (TPSA) is 68.0 Å². The van der Waals surface area contributed by atoms with Crippen molar-refractivity contribution in [2.45, 2.75) is 33.2 Å².